The van der Waals surface area contributed by atoms with E-state index >= 15 is 0 Å². The van der Waals surface area contributed by atoms with Crippen LogP contribution in [-0.4, -0.2) is 15.7 Å². The first-order valence-electron chi connectivity index (χ1n) is 11.0. The van der Waals surface area contributed by atoms with Gasteiger partial charge in [0, 0.05) is 16.0 Å². The lowest BCUT2D eigenvalue weighted by Crippen LogP contribution is -2.18. The number of nitrogens with two attached hydrogens (primary N) is 1. The highest BCUT2D eigenvalue weighted by molar-refractivity contribution is 6.31. The summed E-state index contributed by atoms with van der Waals surface area (Å²) in [5.41, 5.74) is 12.4. The Morgan fingerprint density at radius 1 is 1.22 bits per heavy atom. The van der Waals surface area contributed by atoms with Gasteiger partial charge >= 0.3 is 0 Å². The highest BCUT2D eigenvalue weighted by Gasteiger charge is 2.71. The number of rotatable bonds is 5. The summed E-state index contributed by atoms with van der Waals surface area (Å²) in [6, 6.07) is 11.9. The number of hydrogen-bond donors (Lipinski definition) is 1. The average Bonchev–Trinajstić information content (AvgIpc) is 3.05. The summed E-state index contributed by atoms with van der Waals surface area (Å²) in [5, 5.41) is 5.15. The van der Waals surface area contributed by atoms with Crippen molar-refractivity contribution < 1.29 is 9.18 Å². The number of fused-ring (bicyclic) bond motifs is 1. The Hall–Kier alpha value is -2.92. The van der Waals surface area contributed by atoms with Crippen molar-refractivity contribution in [2.24, 2.45) is 16.6 Å². The highest BCUT2D eigenvalue weighted by atomic mass is 35.5. The molecule has 3 aliphatic carbocycles. The molecule has 2 saturated carbocycles. The third-order valence-corrected chi connectivity index (χ3v) is 8.22. The molecule has 0 aliphatic heterocycles. The second kappa shape index (κ2) is 6.79. The van der Waals surface area contributed by atoms with Gasteiger partial charge in [-0.2, -0.15) is 5.10 Å². The number of nitrogens with zero attached hydrogens (tertiary/aromatic N) is 2. The number of benzene rings is 2. The minimum Gasteiger partial charge on any atom is -0.366 e. The Morgan fingerprint density at radius 2 is 2.03 bits per heavy atom. The first-order valence-corrected chi connectivity index (χ1v) is 11.4. The first-order chi connectivity index (χ1) is 15.4. The molecule has 0 saturated heterocycles. The van der Waals surface area contributed by atoms with Crippen molar-refractivity contribution in [3.05, 3.63) is 87.5 Å². The molecule has 2 atom stereocenters. The molecule has 1 aromatic heterocycles. The van der Waals surface area contributed by atoms with E-state index in [-0.39, 0.29) is 16.6 Å². The second-order valence-electron chi connectivity index (χ2n) is 9.49. The summed E-state index contributed by atoms with van der Waals surface area (Å²) < 4.78 is 15.3. The Kier molecular flexibility index (Phi) is 4.19. The molecule has 2 N–H and O–H groups in total. The zero-order valence-electron chi connectivity index (χ0n) is 17.6. The summed E-state index contributed by atoms with van der Waals surface area (Å²) >= 11 is 6.07. The topological polar surface area (TPSA) is 60.9 Å². The van der Waals surface area contributed by atoms with Crippen LogP contribution in [-0.2, 0) is 12.8 Å². The van der Waals surface area contributed by atoms with Gasteiger partial charge in [-0.3, -0.25) is 4.79 Å². The first kappa shape index (κ1) is 19.7. The van der Waals surface area contributed by atoms with E-state index in [1.807, 2.05) is 23.0 Å². The third kappa shape index (κ3) is 2.80. The van der Waals surface area contributed by atoms with E-state index in [2.05, 4.69) is 11.2 Å². The summed E-state index contributed by atoms with van der Waals surface area (Å²) in [6.07, 6.45) is 10.6. The summed E-state index contributed by atoms with van der Waals surface area (Å²) in [7, 11) is 0. The molecule has 3 aliphatic rings. The fraction of sp³-hybridized carbons (Fsp3) is 0.308. The number of allylic oxidation sites excluding steroid dienone is 1. The minimum atomic E-state index is -0.423. The lowest BCUT2D eigenvalue weighted by molar-refractivity contribution is 0.0999. The van der Waals surface area contributed by atoms with Crippen LogP contribution >= 0.6 is 11.6 Å². The number of primary amides is 1. The van der Waals surface area contributed by atoms with Gasteiger partial charge in [-0.15, -0.1) is 0 Å². The number of amides is 1. The quantitative estimate of drug-likeness (QED) is 0.560. The molecule has 0 bridgehead atoms. The molecule has 3 aromatic rings. The summed E-state index contributed by atoms with van der Waals surface area (Å²) in [4.78, 5) is 11.9. The van der Waals surface area contributed by atoms with Gasteiger partial charge in [-0.1, -0.05) is 23.2 Å². The van der Waals surface area contributed by atoms with Crippen LogP contribution in [0.15, 0.2) is 54.2 Å². The number of hydrogen-bond acceptors (Lipinski definition) is 2. The zero-order chi connectivity index (χ0) is 22.1. The zero-order valence-corrected chi connectivity index (χ0v) is 18.3. The van der Waals surface area contributed by atoms with Gasteiger partial charge in [0.15, 0.2) is 0 Å². The van der Waals surface area contributed by atoms with Crippen molar-refractivity contribution in [3.63, 3.8) is 0 Å². The molecule has 0 radical (unpaired) electrons. The van der Waals surface area contributed by atoms with Gasteiger partial charge < -0.3 is 5.73 Å². The van der Waals surface area contributed by atoms with Gasteiger partial charge in [-0.05, 0) is 97.5 Å². The smallest absolute Gasteiger partial charge is 0.249 e. The largest absolute Gasteiger partial charge is 0.366 e. The van der Waals surface area contributed by atoms with Gasteiger partial charge in [0.25, 0.3) is 0 Å². The van der Waals surface area contributed by atoms with E-state index in [4.69, 9.17) is 17.3 Å². The molecule has 1 spiro atoms. The molecular weight excluding hydrogens is 425 g/mol. The van der Waals surface area contributed by atoms with Gasteiger partial charge in [-0.25, -0.2) is 9.07 Å². The molecule has 2 aromatic carbocycles. The number of aromatic nitrogens is 2. The van der Waals surface area contributed by atoms with Crippen LogP contribution in [0, 0.1) is 16.6 Å². The highest BCUT2D eigenvalue weighted by Crippen LogP contribution is 2.79. The van der Waals surface area contributed by atoms with Crippen molar-refractivity contribution >= 4 is 23.6 Å². The lowest BCUT2D eigenvalue weighted by Gasteiger charge is -2.24. The van der Waals surface area contributed by atoms with Crippen molar-refractivity contribution in [1.82, 2.24) is 9.78 Å². The molecule has 2 fully saturated rings. The van der Waals surface area contributed by atoms with E-state index in [0.717, 1.165) is 42.6 Å². The average molecular weight is 448 g/mol. The van der Waals surface area contributed by atoms with E-state index in [0.29, 0.717) is 10.6 Å². The Morgan fingerprint density at radius 3 is 2.81 bits per heavy atom. The Labute approximate surface area is 190 Å². The third-order valence-electron chi connectivity index (χ3n) is 7.99. The molecular formula is C26H23ClFN3O. The normalized spacial score (nSPS) is 25.0. The van der Waals surface area contributed by atoms with Crippen LogP contribution in [0.2, 0.25) is 5.02 Å². The second-order valence-corrected chi connectivity index (χ2v) is 9.93. The van der Waals surface area contributed by atoms with Crippen LogP contribution in [0.25, 0.3) is 11.8 Å². The number of halogens is 2. The molecule has 1 unspecified atom stereocenters. The summed E-state index contributed by atoms with van der Waals surface area (Å²) in [6.45, 7) is 0. The van der Waals surface area contributed by atoms with E-state index in [1.54, 1.807) is 18.2 Å². The van der Waals surface area contributed by atoms with Crippen LogP contribution in [0.5, 0.6) is 0 Å². The van der Waals surface area contributed by atoms with Crippen LogP contribution < -0.4 is 5.73 Å². The van der Waals surface area contributed by atoms with Crippen LogP contribution in [0.1, 0.15) is 52.9 Å². The van der Waals surface area contributed by atoms with E-state index in [1.165, 1.54) is 36.1 Å². The van der Waals surface area contributed by atoms with Gasteiger partial charge in [0.2, 0.25) is 5.91 Å². The van der Waals surface area contributed by atoms with Crippen molar-refractivity contribution in [3.8, 4) is 5.69 Å². The predicted molar refractivity (Wildman–Crippen MR) is 122 cm³/mol. The predicted octanol–water partition coefficient (Wildman–Crippen LogP) is 5.51. The fourth-order valence-corrected chi connectivity index (χ4v) is 6.46. The van der Waals surface area contributed by atoms with E-state index in [9.17, 15) is 9.18 Å². The molecule has 1 heterocycles. The number of carbonyl (C=O) groups is 1. The maximum Gasteiger partial charge on any atom is 0.249 e. The lowest BCUT2D eigenvalue weighted by atomic mass is 9.80. The maximum atomic E-state index is 13.4. The van der Waals surface area contributed by atoms with E-state index < -0.39 is 5.91 Å². The molecule has 162 valence electrons. The van der Waals surface area contributed by atoms with Crippen molar-refractivity contribution in [2.45, 2.75) is 38.5 Å². The minimum absolute atomic E-state index is 0.218. The standard InChI is InChI=1S/C26H23ClFN3O/c27-19-2-1-16(22(12-19)24(29)32)7-9-25-10-8-18-11-23-17(13-26(18,25)15-25)14-30-31(23)21-5-3-20(28)4-6-21/h1-6,11-12,14H,7-10,13,15H2,(H2,29,32)/t25-,26?/m1/s1. The molecule has 6 rings (SSSR count). The number of carbonyl (C=O) groups excluding carboxylic acids is 1. The van der Waals surface area contributed by atoms with Crippen molar-refractivity contribution in [2.75, 3.05) is 0 Å². The van der Waals surface area contributed by atoms with Crippen molar-refractivity contribution in [1.29, 1.82) is 0 Å². The maximum absolute atomic E-state index is 13.4. The molecule has 4 nitrogen and oxygen atoms in total. The van der Waals surface area contributed by atoms with Crippen LogP contribution in [0.4, 0.5) is 4.39 Å². The Bertz CT molecular complexity index is 1290. The fourth-order valence-electron chi connectivity index (χ4n) is 6.29. The van der Waals surface area contributed by atoms with Gasteiger partial charge in [0.1, 0.15) is 5.82 Å². The molecule has 6 heteroatoms. The summed E-state index contributed by atoms with van der Waals surface area (Å²) in [5.74, 6) is -0.668. The van der Waals surface area contributed by atoms with Crippen LogP contribution in [0.3, 0.4) is 0 Å². The number of aryl methyl sites for hydroxylation is 1. The molecule has 1 amide bonds. The SMILES string of the molecule is NC(=O)c1cc(Cl)ccc1CC[C@]12CCC3=Cc4c(cnn4-c4ccc(F)cc4)CC31C2. The van der Waals surface area contributed by atoms with Gasteiger partial charge in [0.05, 0.1) is 17.6 Å². The monoisotopic (exact) mass is 447 g/mol. The Balaban J connectivity index is 1.27. The molecule has 32 heavy (non-hydrogen) atoms.